The lowest BCUT2D eigenvalue weighted by atomic mass is 10.2. The minimum absolute atomic E-state index is 0.266. The van der Waals surface area contributed by atoms with E-state index in [-0.39, 0.29) is 5.91 Å². The van der Waals surface area contributed by atoms with Crippen molar-refractivity contribution in [1.82, 2.24) is 10.6 Å². The Morgan fingerprint density at radius 2 is 1.58 bits per heavy atom. The molecule has 0 aromatic heterocycles. The molecule has 3 rings (SSSR count). The molecule has 6 nitrogen and oxygen atoms in total. The molecule has 1 atom stereocenters. The summed E-state index contributed by atoms with van der Waals surface area (Å²) in [7, 11) is 0. The molecular formula is C18H15N3O3. The van der Waals surface area contributed by atoms with Crippen LogP contribution in [0.25, 0.3) is 0 Å². The van der Waals surface area contributed by atoms with Gasteiger partial charge in [-0.2, -0.15) is 0 Å². The third-order valence-electron chi connectivity index (χ3n) is 3.25. The zero-order valence-electron chi connectivity index (χ0n) is 12.7. The second-order valence-electron chi connectivity index (χ2n) is 4.97. The molecule has 0 radical (unpaired) electrons. The lowest BCUT2D eigenvalue weighted by Gasteiger charge is -2.21. The summed E-state index contributed by atoms with van der Waals surface area (Å²) in [6.07, 6.45) is 2.17. The summed E-state index contributed by atoms with van der Waals surface area (Å²) in [5, 5.41) is 5.55. The van der Waals surface area contributed by atoms with E-state index in [1.54, 1.807) is 54.6 Å². The molecule has 0 saturated carbocycles. The van der Waals surface area contributed by atoms with Crippen LogP contribution in [-0.2, 0) is 4.74 Å². The Morgan fingerprint density at radius 3 is 2.25 bits per heavy atom. The maximum atomic E-state index is 12.1. The zero-order chi connectivity index (χ0) is 16.8. The highest BCUT2D eigenvalue weighted by molar-refractivity contribution is 5.95. The molecule has 0 aliphatic carbocycles. The van der Waals surface area contributed by atoms with Crippen LogP contribution in [0.15, 0.2) is 77.6 Å². The Hall–Kier alpha value is -3.41. The van der Waals surface area contributed by atoms with Crippen LogP contribution in [0.4, 0.5) is 0 Å². The van der Waals surface area contributed by atoms with Crippen LogP contribution in [-0.4, -0.2) is 24.4 Å². The van der Waals surface area contributed by atoms with E-state index in [9.17, 15) is 9.59 Å². The Labute approximate surface area is 138 Å². The van der Waals surface area contributed by atoms with E-state index >= 15 is 0 Å². The lowest BCUT2D eigenvalue weighted by molar-refractivity contribution is 0.0260. The Bertz CT molecular complexity index is 786. The largest absolute Gasteiger partial charge is 0.417 e. The van der Waals surface area contributed by atoms with Gasteiger partial charge in [0.25, 0.3) is 12.3 Å². The van der Waals surface area contributed by atoms with Crippen molar-refractivity contribution in [2.75, 3.05) is 0 Å². The van der Waals surface area contributed by atoms with Crippen molar-refractivity contribution in [2.24, 2.45) is 4.99 Å². The highest BCUT2D eigenvalue weighted by Gasteiger charge is 2.18. The van der Waals surface area contributed by atoms with E-state index in [0.717, 1.165) is 0 Å². The first-order chi connectivity index (χ1) is 11.7. The number of benzene rings is 2. The summed E-state index contributed by atoms with van der Waals surface area (Å²) in [6.45, 7) is 0. The van der Waals surface area contributed by atoms with Crippen LogP contribution < -0.4 is 10.6 Å². The van der Waals surface area contributed by atoms with Gasteiger partial charge in [0.1, 0.15) is 5.82 Å². The number of carbonyl (C=O) groups excluding carboxylic acids is 2. The van der Waals surface area contributed by atoms with Gasteiger partial charge in [0, 0.05) is 11.8 Å². The van der Waals surface area contributed by atoms with E-state index < -0.39 is 12.3 Å². The number of aliphatic imine (C=N–C) groups is 1. The van der Waals surface area contributed by atoms with Gasteiger partial charge in [0.2, 0.25) is 0 Å². The summed E-state index contributed by atoms with van der Waals surface area (Å²) in [5.41, 5.74) is 0.958. The summed E-state index contributed by atoms with van der Waals surface area (Å²) in [6, 6.07) is 17.4. The number of carbonyl (C=O) groups is 2. The van der Waals surface area contributed by atoms with Gasteiger partial charge in [0.05, 0.1) is 5.56 Å². The van der Waals surface area contributed by atoms with Gasteiger partial charge >= 0.3 is 5.97 Å². The van der Waals surface area contributed by atoms with E-state index in [1.165, 1.54) is 6.21 Å². The summed E-state index contributed by atoms with van der Waals surface area (Å²) >= 11 is 0. The first-order valence-electron chi connectivity index (χ1n) is 7.35. The second-order valence-corrected chi connectivity index (χ2v) is 4.97. The molecule has 2 aromatic rings. The van der Waals surface area contributed by atoms with Gasteiger partial charge in [-0.25, -0.2) is 9.79 Å². The Balaban J connectivity index is 1.59. The summed E-state index contributed by atoms with van der Waals surface area (Å²) < 4.78 is 5.25. The fraction of sp³-hybridized carbons (Fsp3) is 0.0556. The Kier molecular flexibility index (Phi) is 4.67. The zero-order valence-corrected chi connectivity index (χ0v) is 12.7. The monoisotopic (exact) mass is 321 g/mol. The number of allylic oxidation sites excluding steroid dienone is 1. The average molecular weight is 321 g/mol. The topological polar surface area (TPSA) is 79.8 Å². The van der Waals surface area contributed by atoms with Gasteiger partial charge < -0.3 is 15.4 Å². The average Bonchev–Trinajstić information content (AvgIpc) is 2.63. The standard InChI is InChI=1S/C18H15N3O3/c22-16(13-7-3-1-4-8-13)20-15-11-12-19-18(21-15)24-17(23)14-9-5-2-6-10-14/h1-12,18,21H,(H,20,22). The smallest absolute Gasteiger partial charge is 0.341 e. The summed E-state index contributed by atoms with van der Waals surface area (Å²) in [4.78, 5) is 28.2. The van der Waals surface area contributed by atoms with Crippen molar-refractivity contribution in [1.29, 1.82) is 0 Å². The Morgan fingerprint density at radius 1 is 0.958 bits per heavy atom. The van der Waals surface area contributed by atoms with E-state index in [0.29, 0.717) is 16.9 Å². The molecule has 0 saturated heterocycles. The predicted octanol–water partition coefficient (Wildman–Crippen LogP) is 2.07. The number of nitrogens with one attached hydrogen (secondary N) is 2. The molecule has 1 aliphatic heterocycles. The predicted molar refractivity (Wildman–Crippen MR) is 89.3 cm³/mol. The van der Waals surface area contributed by atoms with E-state index in [1.807, 2.05) is 12.1 Å². The van der Waals surface area contributed by atoms with Crippen LogP contribution in [0.5, 0.6) is 0 Å². The normalized spacial score (nSPS) is 15.8. The molecule has 0 bridgehead atoms. The number of hydrogen-bond donors (Lipinski definition) is 2. The third kappa shape index (κ3) is 3.86. The molecule has 120 valence electrons. The first-order valence-corrected chi connectivity index (χ1v) is 7.35. The van der Waals surface area contributed by atoms with Gasteiger partial charge in [-0.05, 0) is 30.3 Å². The molecule has 2 N–H and O–H groups in total. The molecule has 2 aromatic carbocycles. The molecular weight excluding hydrogens is 306 g/mol. The van der Waals surface area contributed by atoms with Crippen molar-refractivity contribution in [3.05, 3.63) is 83.7 Å². The fourth-order valence-electron chi connectivity index (χ4n) is 2.08. The maximum absolute atomic E-state index is 12.1. The van der Waals surface area contributed by atoms with Gasteiger partial charge in [-0.3, -0.25) is 4.79 Å². The SMILES string of the molecule is O=C(NC1=CC=NC(OC(=O)c2ccccc2)N1)c1ccccc1. The quantitative estimate of drug-likeness (QED) is 0.845. The number of hydrogen-bond acceptors (Lipinski definition) is 5. The van der Waals surface area contributed by atoms with Gasteiger partial charge in [-0.1, -0.05) is 36.4 Å². The second kappa shape index (κ2) is 7.23. The molecule has 1 heterocycles. The molecule has 6 heteroatoms. The van der Waals surface area contributed by atoms with Crippen LogP contribution in [0.3, 0.4) is 0 Å². The van der Waals surface area contributed by atoms with Gasteiger partial charge in [0.15, 0.2) is 0 Å². The van der Waals surface area contributed by atoms with Crippen molar-refractivity contribution < 1.29 is 14.3 Å². The van der Waals surface area contributed by atoms with Crippen LogP contribution in [0.1, 0.15) is 20.7 Å². The number of ether oxygens (including phenoxy) is 1. The maximum Gasteiger partial charge on any atom is 0.341 e. The van der Waals surface area contributed by atoms with Crippen LogP contribution in [0.2, 0.25) is 0 Å². The number of amides is 1. The molecule has 0 fully saturated rings. The van der Waals surface area contributed by atoms with Crippen molar-refractivity contribution in [3.63, 3.8) is 0 Å². The minimum atomic E-state index is -0.895. The van der Waals surface area contributed by atoms with Crippen molar-refractivity contribution in [2.45, 2.75) is 6.35 Å². The highest BCUT2D eigenvalue weighted by Crippen LogP contribution is 2.07. The number of esters is 1. The van der Waals surface area contributed by atoms with E-state index in [2.05, 4.69) is 15.6 Å². The third-order valence-corrected chi connectivity index (χ3v) is 3.25. The molecule has 0 spiro atoms. The molecule has 1 unspecified atom stereocenters. The van der Waals surface area contributed by atoms with Crippen LogP contribution >= 0.6 is 0 Å². The molecule has 1 aliphatic rings. The fourth-order valence-corrected chi connectivity index (χ4v) is 2.08. The lowest BCUT2D eigenvalue weighted by Crippen LogP contribution is -2.41. The summed E-state index contributed by atoms with van der Waals surface area (Å²) in [5.74, 6) is -0.358. The van der Waals surface area contributed by atoms with E-state index in [4.69, 9.17) is 4.74 Å². The van der Waals surface area contributed by atoms with Crippen LogP contribution in [0, 0.1) is 0 Å². The minimum Gasteiger partial charge on any atom is -0.417 e. The first kappa shape index (κ1) is 15.5. The number of nitrogens with zero attached hydrogens (tertiary/aromatic N) is 1. The molecule has 1 amide bonds. The van der Waals surface area contributed by atoms with Crippen molar-refractivity contribution in [3.8, 4) is 0 Å². The van der Waals surface area contributed by atoms with Crippen molar-refractivity contribution >= 4 is 18.1 Å². The number of rotatable bonds is 4. The highest BCUT2D eigenvalue weighted by atomic mass is 16.6. The van der Waals surface area contributed by atoms with Gasteiger partial charge in [-0.15, -0.1) is 0 Å². The molecule has 24 heavy (non-hydrogen) atoms.